The van der Waals surface area contributed by atoms with Crippen LogP contribution in [0.15, 0.2) is 24.3 Å². The number of hydrogen-bond donors (Lipinski definition) is 2. The largest absolute Gasteiger partial charge is 0.389 e. The summed E-state index contributed by atoms with van der Waals surface area (Å²) in [5.74, 6) is 0.500. The van der Waals surface area contributed by atoms with Crippen LogP contribution < -0.4 is 5.32 Å². The van der Waals surface area contributed by atoms with Crippen molar-refractivity contribution in [2.45, 2.75) is 33.4 Å². The lowest BCUT2D eigenvalue weighted by molar-refractivity contribution is 0.199. The molecule has 1 aromatic heterocycles. The maximum Gasteiger partial charge on any atom is 0.167 e. The van der Waals surface area contributed by atoms with Crippen molar-refractivity contribution in [2.24, 2.45) is 0 Å². The van der Waals surface area contributed by atoms with E-state index in [0.29, 0.717) is 17.9 Å². The molecule has 0 amide bonds. The average molecular weight is 282 g/mol. The normalized spacial score (nSPS) is 11.8. The van der Waals surface area contributed by atoms with Gasteiger partial charge >= 0.3 is 0 Å². The van der Waals surface area contributed by atoms with Crippen LogP contribution in [-0.2, 0) is 6.54 Å². The van der Waals surface area contributed by atoms with Crippen LogP contribution in [0.5, 0.6) is 0 Å². The van der Waals surface area contributed by atoms with Gasteiger partial charge in [-0.3, -0.25) is 0 Å². The lowest BCUT2D eigenvalue weighted by Crippen LogP contribution is -2.07. The summed E-state index contributed by atoms with van der Waals surface area (Å²) in [7, 11) is 0. The molecule has 0 bridgehead atoms. The molecule has 1 aromatic carbocycles. The zero-order chi connectivity index (χ0) is 15.4. The second-order valence-electron chi connectivity index (χ2n) is 5.02. The average Bonchev–Trinajstić information content (AvgIpc) is 2.49. The third-order valence-corrected chi connectivity index (χ3v) is 3.49. The Balaban J connectivity index is 2.13. The lowest BCUT2D eigenvalue weighted by atomic mass is 10.1. The van der Waals surface area contributed by atoms with Crippen molar-refractivity contribution < 1.29 is 5.11 Å². The fraction of sp³-hybridized carbons (Fsp3) is 0.312. The van der Waals surface area contributed by atoms with E-state index in [0.717, 1.165) is 22.4 Å². The molecule has 2 rings (SSSR count). The predicted molar refractivity (Wildman–Crippen MR) is 80.6 cm³/mol. The molecule has 0 aliphatic carbocycles. The minimum atomic E-state index is -0.470. The van der Waals surface area contributed by atoms with Crippen LogP contribution in [0.1, 0.15) is 41.0 Å². The van der Waals surface area contributed by atoms with Crippen molar-refractivity contribution in [3.63, 3.8) is 0 Å². The van der Waals surface area contributed by atoms with Gasteiger partial charge in [-0.25, -0.2) is 0 Å². The molecule has 0 radical (unpaired) electrons. The Bertz CT molecular complexity index is 672. The van der Waals surface area contributed by atoms with Gasteiger partial charge in [0.2, 0.25) is 0 Å². The van der Waals surface area contributed by atoms with Gasteiger partial charge < -0.3 is 10.4 Å². The number of aromatic nitrogens is 2. The van der Waals surface area contributed by atoms with Crippen LogP contribution in [-0.4, -0.2) is 15.3 Å². The fourth-order valence-corrected chi connectivity index (χ4v) is 1.97. The van der Waals surface area contributed by atoms with E-state index in [4.69, 9.17) is 0 Å². The fourth-order valence-electron chi connectivity index (χ4n) is 1.97. The van der Waals surface area contributed by atoms with Crippen LogP contribution in [0.2, 0.25) is 0 Å². The van der Waals surface area contributed by atoms with Crippen LogP contribution in [0.4, 0.5) is 5.82 Å². The summed E-state index contributed by atoms with van der Waals surface area (Å²) in [6.45, 7) is 5.98. The third kappa shape index (κ3) is 3.36. The van der Waals surface area contributed by atoms with E-state index >= 15 is 0 Å². The summed E-state index contributed by atoms with van der Waals surface area (Å²) in [5.41, 5.74) is 4.06. The highest BCUT2D eigenvalue weighted by molar-refractivity contribution is 5.55. The molecule has 1 heterocycles. The van der Waals surface area contributed by atoms with Gasteiger partial charge in [0, 0.05) is 6.54 Å². The number of hydrogen-bond acceptors (Lipinski definition) is 5. The van der Waals surface area contributed by atoms with Gasteiger partial charge in [-0.1, -0.05) is 24.3 Å². The van der Waals surface area contributed by atoms with E-state index in [2.05, 4.69) is 21.6 Å². The van der Waals surface area contributed by atoms with Gasteiger partial charge in [0.1, 0.15) is 11.6 Å². The number of nitrogens with one attached hydrogen (secondary N) is 1. The number of aliphatic hydroxyl groups excluding tert-OH is 1. The monoisotopic (exact) mass is 282 g/mol. The van der Waals surface area contributed by atoms with Crippen molar-refractivity contribution in [1.29, 1.82) is 5.26 Å². The van der Waals surface area contributed by atoms with Crippen molar-refractivity contribution in [3.8, 4) is 6.07 Å². The Labute approximate surface area is 124 Å². The molecule has 1 atom stereocenters. The molecule has 5 heteroatoms. The van der Waals surface area contributed by atoms with E-state index in [1.807, 2.05) is 38.1 Å². The van der Waals surface area contributed by atoms with Crippen molar-refractivity contribution in [2.75, 3.05) is 5.32 Å². The Morgan fingerprint density at radius 3 is 2.48 bits per heavy atom. The van der Waals surface area contributed by atoms with Crippen LogP contribution in [0.25, 0.3) is 0 Å². The molecule has 0 fully saturated rings. The number of aliphatic hydroxyl groups is 1. The van der Waals surface area contributed by atoms with Crippen LogP contribution in [0.3, 0.4) is 0 Å². The van der Waals surface area contributed by atoms with Gasteiger partial charge in [-0.15, -0.1) is 5.10 Å². The smallest absolute Gasteiger partial charge is 0.167 e. The van der Waals surface area contributed by atoms with Crippen molar-refractivity contribution in [1.82, 2.24) is 10.2 Å². The van der Waals surface area contributed by atoms with Gasteiger partial charge in [0.15, 0.2) is 5.82 Å². The van der Waals surface area contributed by atoms with E-state index in [1.165, 1.54) is 0 Å². The lowest BCUT2D eigenvalue weighted by Gasteiger charge is -2.10. The highest BCUT2D eigenvalue weighted by atomic mass is 16.3. The molecule has 0 aliphatic heterocycles. The van der Waals surface area contributed by atoms with Gasteiger partial charge in [0.25, 0.3) is 0 Å². The second-order valence-corrected chi connectivity index (χ2v) is 5.02. The molecule has 0 saturated heterocycles. The molecule has 0 aliphatic rings. The zero-order valence-electron chi connectivity index (χ0n) is 12.4. The zero-order valence-corrected chi connectivity index (χ0v) is 12.4. The number of benzene rings is 1. The van der Waals surface area contributed by atoms with Gasteiger partial charge in [-0.05, 0) is 37.5 Å². The summed E-state index contributed by atoms with van der Waals surface area (Å²) < 4.78 is 0. The molecule has 0 spiro atoms. The summed E-state index contributed by atoms with van der Waals surface area (Å²) in [6, 6.07) is 9.82. The molecule has 108 valence electrons. The Hall–Kier alpha value is -2.45. The molecule has 5 nitrogen and oxygen atoms in total. The van der Waals surface area contributed by atoms with E-state index in [1.54, 1.807) is 6.92 Å². The first-order valence-electron chi connectivity index (χ1n) is 6.77. The SMILES string of the molecule is Cc1nnc(NCc2ccc([C@H](C)O)cc2)c(C#N)c1C. The number of nitriles is 1. The summed E-state index contributed by atoms with van der Waals surface area (Å²) in [6.07, 6.45) is -0.470. The van der Waals surface area contributed by atoms with Gasteiger partial charge in [0.05, 0.1) is 11.8 Å². The van der Waals surface area contributed by atoms with E-state index in [9.17, 15) is 10.4 Å². The predicted octanol–water partition coefficient (Wildman–Crippen LogP) is 2.63. The maximum atomic E-state index is 9.48. The first-order chi connectivity index (χ1) is 10.0. The standard InChI is InChI=1S/C16H18N4O/c1-10-11(2)19-20-16(15(10)8-17)18-9-13-4-6-14(7-5-13)12(3)21/h4-7,12,21H,9H2,1-3H3,(H,18,20)/t12-/m0/s1. The third-order valence-electron chi connectivity index (χ3n) is 3.49. The molecular formula is C16H18N4O. The first kappa shape index (κ1) is 14.9. The number of nitrogens with zero attached hydrogens (tertiary/aromatic N) is 3. The summed E-state index contributed by atoms with van der Waals surface area (Å²) in [5, 5.41) is 29.9. The number of rotatable bonds is 4. The maximum absolute atomic E-state index is 9.48. The summed E-state index contributed by atoms with van der Waals surface area (Å²) in [4.78, 5) is 0. The molecule has 2 N–H and O–H groups in total. The summed E-state index contributed by atoms with van der Waals surface area (Å²) >= 11 is 0. The first-order valence-corrected chi connectivity index (χ1v) is 6.77. The van der Waals surface area contributed by atoms with E-state index < -0.39 is 6.10 Å². The van der Waals surface area contributed by atoms with Gasteiger partial charge in [-0.2, -0.15) is 10.4 Å². The number of aryl methyl sites for hydroxylation is 1. The van der Waals surface area contributed by atoms with Crippen LogP contribution in [0, 0.1) is 25.2 Å². The van der Waals surface area contributed by atoms with E-state index in [-0.39, 0.29) is 0 Å². The highest BCUT2D eigenvalue weighted by Gasteiger charge is 2.10. The van der Waals surface area contributed by atoms with Crippen molar-refractivity contribution >= 4 is 5.82 Å². The Morgan fingerprint density at radius 2 is 1.90 bits per heavy atom. The minimum Gasteiger partial charge on any atom is -0.389 e. The topological polar surface area (TPSA) is 81.8 Å². The molecule has 2 aromatic rings. The Morgan fingerprint density at radius 1 is 1.24 bits per heavy atom. The Kier molecular flexibility index (Phi) is 4.51. The van der Waals surface area contributed by atoms with Crippen molar-refractivity contribution in [3.05, 3.63) is 52.2 Å². The highest BCUT2D eigenvalue weighted by Crippen LogP contribution is 2.18. The number of anilines is 1. The molecule has 21 heavy (non-hydrogen) atoms. The second kappa shape index (κ2) is 6.33. The molecule has 0 unspecified atom stereocenters. The molecular weight excluding hydrogens is 264 g/mol. The quantitative estimate of drug-likeness (QED) is 0.900. The molecule has 0 saturated carbocycles. The van der Waals surface area contributed by atoms with Crippen LogP contribution >= 0.6 is 0 Å². The minimum absolute atomic E-state index is 0.470.